The van der Waals surface area contributed by atoms with Gasteiger partial charge < -0.3 is 10.5 Å². The van der Waals surface area contributed by atoms with Crippen LogP contribution in [-0.2, 0) is 6.42 Å². The summed E-state index contributed by atoms with van der Waals surface area (Å²) in [7, 11) is 1.67. The number of methoxy groups -OCH3 is 1. The summed E-state index contributed by atoms with van der Waals surface area (Å²) in [4.78, 5) is 0. The second-order valence-electron chi connectivity index (χ2n) is 4.54. The van der Waals surface area contributed by atoms with Crippen molar-refractivity contribution >= 4 is 11.6 Å². The topological polar surface area (TPSA) is 35.2 Å². The fourth-order valence-corrected chi connectivity index (χ4v) is 2.12. The van der Waals surface area contributed by atoms with E-state index in [0.717, 1.165) is 29.2 Å². The second kappa shape index (κ2) is 6.60. The Labute approximate surface area is 119 Å². The third kappa shape index (κ3) is 3.98. The van der Waals surface area contributed by atoms with Crippen molar-refractivity contribution < 1.29 is 4.74 Å². The summed E-state index contributed by atoms with van der Waals surface area (Å²) < 4.78 is 5.14. The van der Waals surface area contributed by atoms with Gasteiger partial charge >= 0.3 is 0 Å². The zero-order valence-corrected chi connectivity index (χ0v) is 11.7. The molecule has 3 heteroatoms. The molecule has 100 valence electrons. The average molecular weight is 276 g/mol. The maximum Gasteiger partial charge on any atom is 0.118 e. The van der Waals surface area contributed by atoms with Crippen LogP contribution >= 0.6 is 11.6 Å². The molecule has 0 fully saturated rings. The van der Waals surface area contributed by atoms with Gasteiger partial charge in [-0.25, -0.2) is 0 Å². The quantitative estimate of drug-likeness (QED) is 0.896. The summed E-state index contributed by atoms with van der Waals surface area (Å²) >= 11 is 5.87. The molecule has 0 bridgehead atoms. The number of aryl methyl sites for hydroxylation is 1. The molecule has 2 rings (SSSR count). The lowest BCUT2D eigenvalue weighted by molar-refractivity contribution is 0.414. The number of nitrogens with two attached hydrogens (primary N) is 1. The van der Waals surface area contributed by atoms with Crippen molar-refractivity contribution in [2.75, 3.05) is 7.11 Å². The highest BCUT2D eigenvalue weighted by Crippen LogP contribution is 2.20. The fourth-order valence-electron chi connectivity index (χ4n) is 1.99. The van der Waals surface area contributed by atoms with Gasteiger partial charge in [0.1, 0.15) is 5.75 Å². The van der Waals surface area contributed by atoms with Crippen LogP contribution in [-0.4, -0.2) is 7.11 Å². The smallest absolute Gasteiger partial charge is 0.118 e. The SMILES string of the molecule is COc1ccc(CCC(N)c2ccc(Cl)cc2)cc1. The Morgan fingerprint density at radius 1 is 1.05 bits per heavy atom. The summed E-state index contributed by atoms with van der Waals surface area (Å²) in [6.07, 6.45) is 1.86. The molecule has 2 aromatic carbocycles. The number of halogens is 1. The van der Waals surface area contributed by atoms with Crippen molar-refractivity contribution in [1.82, 2.24) is 0 Å². The summed E-state index contributed by atoms with van der Waals surface area (Å²) in [6.45, 7) is 0. The molecular weight excluding hydrogens is 258 g/mol. The number of hydrogen-bond donors (Lipinski definition) is 1. The van der Waals surface area contributed by atoms with Gasteiger partial charge in [-0.1, -0.05) is 35.9 Å². The standard InChI is InChI=1S/C16H18ClNO/c1-19-15-9-2-12(3-10-15)4-11-16(18)13-5-7-14(17)8-6-13/h2-3,5-10,16H,4,11,18H2,1H3. The molecule has 0 aliphatic carbocycles. The van der Waals surface area contributed by atoms with Gasteiger partial charge in [-0.05, 0) is 48.2 Å². The lowest BCUT2D eigenvalue weighted by Crippen LogP contribution is -2.11. The lowest BCUT2D eigenvalue weighted by atomic mass is 10.00. The first-order valence-electron chi connectivity index (χ1n) is 6.33. The molecule has 19 heavy (non-hydrogen) atoms. The predicted octanol–water partition coefficient (Wildman–Crippen LogP) is 3.98. The van der Waals surface area contributed by atoms with E-state index in [1.165, 1.54) is 5.56 Å². The van der Waals surface area contributed by atoms with E-state index in [1.807, 2.05) is 36.4 Å². The van der Waals surface area contributed by atoms with Crippen molar-refractivity contribution in [3.63, 3.8) is 0 Å². The number of hydrogen-bond acceptors (Lipinski definition) is 2. The van der Waals surface area contributed by atoms with Crippen LogP contribution in [0.2, 0.25) is 5.02 Å². The van der Waals surface area contributed by atoms with Crippen molar-refractivity contribution in [1.29, 1.82) is 0 Å². The molecule has 2 nitrogen and oxygen atoms in total. The highest BCUT2D eigenvalue weighted by Gasteiger charge is 2.06. The number of benzene rings is 2. The van der Waals surface area contributed by atoms with Crippen LogP contribution in [0.5, 0.6) is 5.75 Å². The van der Waals surface area contributed by atoms with Crippen molar-refractivity contribution in [2.24, 2.45) is 5.73 Å². The minimum Gasteiger partial charge on any atom is -0.497 e. The second-order valence-corrected chi connectivity index (χ2v) is 4.98. The molecule has 2 aromatic rings. The van der Waals surface area contributed by atoms with E-state index in [2.05, 4.69) is 12.1 Å². The van der Waals surface area contributed by atoms with Gasteiger partial charge in [0, 0.05) is 11.1 Å². The third-order valence-corrected chi connectivity index (χ3v) is 3.45. The molecule has 1 atom stereocenters. The molecule has 0 heterocycles. The Morgan fingerprint density at radius 3 is 2.26 bits per heavy atom. The Morgan fingerprint density at radius 2 is 1.68 bits per heavy atom. The molecule has 1 unspecified atom stereocenters. The van der Waals surface area contributed by atoms with Crippen LogP contribution in [0.15, 0.2) is 48.5 Å². The summed E-state index contributed by atoms with van der Waals surface area (Å²) in [6, 6.07) is 15.9. The lowest BCUT2D eigenvalue weighted by Gasteiger charge is -2.12. The van der Waals surface area contributed by atoms with Gasteiger partial charge in [-0.2, -0.15) is 0 Å². The van der Waals surface area contributed by atoms with Gasteiger partial charge in [0.2, 0.25) is 0 Å². The van der Waals surface area contributed by atoms with Crippen LogP contribution in [0, 0.1) is 0 Å². The molecule has 0 radical (unpaired) electrons. The van der Waals surface area contributed by atoms with E-state index < -0.39 is 0 Å². The number of ether oxygens (including phenoxy) is 1. The summed E-state index contributed by atoms with van der Waals surface area (Å²) in [5, 5.41) is 0.742. The molecule has 0 aliphatic rings. The van der Waals surface area contributed by atoms with E-state index in [4.69, 9.17) is 22.1 Å². The first-order chi connectivity index (χ1) is 9.19. The largest absolute Gasteiger partial charge is 0.497 e. The van der Waals surface area contributed by atoms with Crippen LogP contribution in [0.1, 0.15) is 23.6 Å². The molecule has 0 saturated heterocycles. The average Bonchev–Trinajstić information content (AvgIpc) is 2.46. The molecule has 0 aromatic heterocycles. The molecule has 0 amide bonds. The zero-order valence-electron chi connectivity index (χ0n) is 11.0. The van der Waals surface area contributed by atoms with Gasteiger partial charge in [0.15, 0.2) is 0 Å². The molecule has 0 saturated carbocycles. The number of rotatable bonds is 5. The molecule has 0 spiro atoms. The Bertz CT molecular complexity index is 507. The van der Waals surface area contributed by atoms with E-state index >= 15 is 0 Å². The van der Waals surface area contributed by atoms with Gasteiger partial charge in [-0.15, -0.1) is 0 Å². The zero-order chi connectivity index (χ0) is 13.7. The highest BCUT2D eigenvalue weighted by molar-refractivity contribution is 6.30. The molecular formula is C16H18ClNO. The Hall–Kier alpha value is -1.51. The van der Waals surface area contributed by atoms with Crippen LogP contribution in [0.25, 0.3) is 0 Å². The van der Waals surface area contributed by atoms with Crippen molar-refractivity contribution in [2.45, 2.75) is 18.9 Å². The van der Waals surface area contributed by atoms with E-state index in [1.54, 1.807) is 7.11 Å². The van der Waals surface area contributed by atoms with E-state index in [-0.39, 0.29) is 6.04 Å². The van der Waals surface area contributed by atoms with Gasteiger partial charge in [-0.3, -0.25) is 0 Å². The first-order valence-corrected chi connectivity index (χ1v) is 6.71. The Kier molecular flexibility index (Phi) is 4.83. The van der Waals surface area contributed by atoms with Crippen molar-refractivity contribution in [3.8, 4) is 5.75 Å². The summed E-state index contributed by atoms with van der Waals surface area (Å²) in [5.41, 5.74) is 8.57. The highest BCUT2D eigenvalue weighted by atomic mass is 35.5. The van der Waals surface area contributed by atoms with Crippen molar-refractivity contribution in [3.05, 3.63) is 64.7 Å². The molecule has 0 aliphatic heterocycles. The van der Waals surface area contributed by atoms with E-state index in [9.17, 15) is 0 Å². The normalized spacial score (nSPS) is 12.2. The monoisotopic (exact) mass is 275 g/mol. The molecule has 2 N–H and O–H groups in total. The summed E-state index contributed by atoms with van der Waals surface area (Å²) in [5.74, 6) is 0.880. The Balaban J connectivity index is 1.92. The maximum atomic E-state index is 6.18. The van der Waals surface area contributed by atoms with Crippen LogP contribution < -0.4 is 10.5 Å². The fraction of sp³-hybridized carbons (Fsp3) is 0.250. The van der Waals surface area contributed by atoms with Gasteiger partial charge in [0.25, 0.3) is 0 Å². The minimum atomic E-state index is 0.0411. The first kappa shape index (κ1) is 13.9. The predicted molar refractivity (Wildman–Crippen MR) is 79.7 cm³/mol. The van der Waals surface area contributed by atoms with Crippen LogP contribution in [0.4, 0.5) is 0 Å². The minimum absolute atomic E-state index is 0.0411. The maximum absolute atomic E-state index is 6.18. The van der Waals surface area contributed by atoms with Crippen LogP contribution in [0.3, 0.4) is 0 Å². The van der Waals surface area contributed by atoms with E-state index in [0.29, 0.717) is 0 Å². The van der Waals surface area contributed by atoms with Gasteiger partial charge in [0.05, 0.1) is 7.11 Å². The third-order valence-electron chi connectivity index (χ3n) is 3.20.